The van der Waals surface area contributed by atoms with Gasteiger partial charge in [0.15, 0.2) is 5.84 Å². The first-order chi connectivity index (χ1) is 27.7. The van der Waals surface area contributed by atoms with E-state index in [0.717, 1.165) is 99.8 Å². The van der Waals surface area contributed by atoms with Gasteiger partial charge in [-0.3, -0.25) is 0 Å². The number of aliphatic imine (C=N–C) groups is 2. The van der Waals surface area contributed by atoms with Crippen molar-refractivity contribution in [2.45, 2.75) is 6.17 Å². The van der Waals surface area contributed by atoms with Crippen molar-refractivity contribution >= 4 is 55.5 Å². The van der Waals surface area contributed by atoms with E-state index in [1.807, 2.05) is 42.5 Å². The number of amidine groups is 2. The van der Waals surface area contributed by atoms with E-state index in [4.69, 9.17) is 18.8 Å². The van der Waals surface area contributed by atoms with Gasteiger partial charge in [-0.15, -0.1) is 0 Å². The number of benzene rings is 8. The van der Waals surface area contributed by atoms with Crippen LogP contribution in [0.4, 0.5) is 0 Å². The molecular formula is C51H33N3O2. The monoisotopic (exact) mass is 719 g/mol. The van der Waals surface area contributed by atoms with Crippen molar-refractivity contribution in [1.29, 1.82) is 0 Å². The number of fused-ring (bicyclic) bond motifs is 6. The molecule has 11 rings (SSSR count). The molecule has 56 heavy (non-hydrogen) atoms. The molecule has 0 radical (unpaired) electrons. The van der Waals surface area contributed by atoms with E-state index in [1.165, 1.54) is 0 Å². The lowest BCUT2D eigenvalue weighted by Crippen LogP contribution is -2.33. The van der Waals surface area contributed by atoms with Crippen LogP contribution in [0.1, 0.15) is 22.9 Å². The standard InChI is InChI=1S/C51H33N3O2/c1-3-13-32(14-4-1)34-17-11-18-36(29-34)50-52-49(33-15-5-2-6-16-33)53-51(54-50)37-26-28-41-40-27-25-35(30-46(40)56-47(41)31-37)38-19-7-8-20-39(38)42-22-12-24-45-48(42)43-21-9-10-23-44(43)55-45/h1-31,50H,(H,52,53,54). The molecule has 5 nitrogen and oxygen atoms in total. The van der Waals surface area contributed by atoms with Crippen molar-refractivity contribution in [2.24, 2.45) is 9.98 Å². The van der Waals surface area contributed by atoms with E-state index < -0.39 is 0 Å². The van der Waals surface area contributed by atoms with Crippen LogP contribution in [0.25, 0.3) is 77.3 Å². The van der Waals surface area contributed by atoms with Crippen LogP contribution in [-0.2, 0) is 0 Å². The summed E-state index contributed by atoms with van der Waals surface area (Å²) >= 11 is 0. The van der Waals surface area contributed by atoms with Gasteiger partial charge in [0.1, 0.15) is 34.3 Å². The van der Waals surface area contributed by atoms with Gasteiger partial charge in [0.2, 0.25) is 0 Å². The van der Waals surface area contributed by atoms with Gasteiger partial charge in [0.25, 0.3) is 0 Å². The first-order valence-corrected chi connectivity index (χ1v) is 18.8. The maximum Gasteiger partial charge on any atom is 0.159 e. The van der Waals surface area contributed by atoms with Crippen molar-refractivity contribution in [1.82, 2.24) is 5.32 Å². The van der Waals surface area contributed by atoms with Crippen LogP contribution in [-0.4, -0.2) is 11.7 Å². The predicted molar refractivity (Wildman–Crippen MR) is 229 cm³/mol. The van der Waals surface area contributed by atoms with Crippen LogP contribution >= 0.6 is 0 Å². The van der Waals surface area contributed by atoms with Crippen LogP contribution in [0.15, 0.2) is 207 Å². The fraction of sp³-hybridized carbons (Fsp3) is 0.0196. The lowest BCUT2D eigenvalue weighted by molar-refractivity contribution is 0.667. The molecule has 0 saturated heterocycles. The van der Waals surface area contributed by atoms with E-state index in [-0.39, 0.29) is 6.17 Å². The van der Waals surface area contributed by atoms with Crippen LogP contribution in [0, 0.1) is 0 Å². The maximum absolute atomic E-state index is 6.66. The average molecular weight is 720 g/mol. The Morgan fingerprint density at radius 3 is 1.82 bits per heavy atom. The van der Waals surface area contributed by atoms with Crippen LogP contribution < -0.4 is 5.32 Å². The third-order valence-electron chi connectivity index (χ3n) is 10.8. The molecule has 10 aromatic rings. The zero-order valence-electron chi connectivity index (χ0n) is 30.2. The molecule has 1 unspecified atom stereocenters. The molecule has 0 fully saturated rings. The van der Waals surface area contributed by atoms with Gasteiger partial charge in [-0.25, -0.2) is 9.98 Å². The van der Waals surface area contributed by atoms with Gasteiger partial charge < -0.3 is 14.2 Å². The molecule has 1 aliphatic rings. The number of furan rings is 2. The Morgan fingerprint density at radius 2 is 1.00 bits per heavy atom. The molecule has 8 aromatic carbocycles. The number of hydrogen-bond donors (Lipinski definition) is 1. The molecule has 0 saturated carbocycles. The summed E-state index contributed by atoms with van der Waals surface area (Å²) in [6, 6.07) is 65.1. The molecule has 5 heteroatoms. The quantitative estimate of drug-likeness (QED) is 0.186. The highest BCUT2D eigenvalue weighted by Crippen LogP contribution is 2.42. The Balaban J connectivity index is 0.994. The first kappa shape index (κ1) is 32.0. The predicted octanol–water partition coefficient (Wildman–Crippen LogP) is 13.0. The highest BCUT2D eigenvalue weighted by molar-refractivity contribution is 6.16. The second-order valence-electron chi connectivity index (χ2n) is 14.2. The van der Waals surface area contributed by atoms with Gasteiger partial charge in [-0.2, -0.15) is 0 Å². The Hall–Kier alpha value is -7.50. The molecule has 0 amide bonds. The summed E-state index contributed by atoms with van der Waals surface area (Å²) in [7, 11) is 0. The summed E-state index contributed by atoms with van der Waals surface area (Å²) in [6.07, 6.45) is -0.332. The maximum atomic E-state index is 6.66. The molecule has 2 aromatic heterocycles. The van der Waals surface area contributed by atoms with E-state index >= 15 is 0 Å². The van der Waals surface area contributed by atoms with Crippen molar-refractivity contribution in [3.05, 3.63) is 205 Å². The third-order valence-corrected chi connectivity index (χ3v) is 10.8. The highest BCUT2D eigenvalue weighted by atomic mass is 16.3. The fourth-order valence-electron chi connectivity index (χ4n) is 8.06. The minimum Gasteiger partial charge on any atom is -0.456 e. The van der Waals surface area contributed by atoms with Crippen molar-refractivity contribution in [3.8, 4) is 33.4 Å². The average Bonchev–Trinajstić information content (AvgIpc) is 3.85. The Labute approximate surface area is 322 Å². The lowest BCUT2D eigenvalue weighted by Gasteiger charge is -2.24. The van der Waals surface area contributed by atoms with Gasteiger partial charge >= 0.3 is 0 Å². The van der Waals surface area contributed by atoms with E-state index in [1.54, 1.807) is 0 Å². The minimum atomic E-state index is -0.332. The summed E-state index contributed by atoms with van der Waals surface area (Å²) in [5.41, 5.74) is 13.1. The summed E-state index contributed by atoms with van der Waals surface area (Å²) in [4.78, 5) is 10.3. The van der Waals surface area contributed by atoms with Gasteiger partial charge in [-0.1, -0.05) is 146 Å². The van der Waals surface area contributed by atoms with E-state index in [9.17, 15) is 0 Å². The zero-order chi connectivity index (χ0) is 37.0. The van der Waals surface area contributed by atoms with E-state index in [2.05, 4.69) is 151 Å². The smallest absolute Gasteiger partial charge is 0.159 e. The zero-order valence-corrected chi connectivity index (χ0v) is 30.2. The number of para-hydroxylation sites is 1. The topological polar surface area (TPSA) is 63.0 Å². The van der Waals surface area contributed by atoms with Crippen LogP contribution in [0.3, 0.4) is 0 Å². The lowest BCUT2D eigenvalue weighted by atomic mass is 9.91. The summed E-state index contributed by atoms with van der Waals surface area (Å²) in [6.45, 7) is 0. The van der Waals surface area contributed by atoms with Crippen molar-refractivity contribution in [3.63, 3.8) is 0 Å². The van der Waals surface area contributed by atoms with E-state index in [0.29, 0.717) is 5.84 Å². The second-order valence-corrected chi connectivity index (χ2v) is 14.2. The number of nitrogens with zero attached hydrogens (tertiary/aromatic N) is 2. The Kier molecular flexibility index (Phi) is 7.49. The number of rotatable bonds is 6. The molecule has 0 aliphatic carbocycles. The molecule has 0 bridgehead atoms. The molecule has 0 spiro atoms. The highest BCUT2D eigenvalue weighted by Gasteiger charge is 2.23. The molecular weight excluding hydrogens is 687 g/mol. The molecule has 3 heterocycles. The molecule has 1 N–H and O–H groups in total. The van der Waals surface area contributed by atoms with Crippen LogP contribution in [0.5, 0.6) is 0 Å². The van der Waals surface area contributed by atoms with Crippen LogP contribution in [0.2, 0.25) is 0 Å². The van der Waals surface area contributed by atoms with Crippen molar-refractivity contribution in [2.75, 3.05) is 0 Å². The van der Waals surface area contributed by atoms with Gasteiger partial charge in [0, 0.05) is 32.7 Å². The minimum absolute atomic E-state index is 0.332. The Morgan fingerprint density at radius 1 is 0.393 bits per heavy atom. The van der Waals surface area contributed by atoms with Crippen molar-refractivity contribution < 1.29 is 8.83 Å². The number of hydrogen-bond acceptors (Lipinski definition) is 5. The normalized spacial score (nSPS) is 14.2. The summed E-state index contributed by atoms with van der Waals surface area (Å²) < 4.78 is 12.9. The second kappa shape index (κ2) is 13.1. The summed E-state index contributed by atoms with van der Waals surface area (Å²) in [5, 5.41) is 7.96. The van der Waals surface area contributed by atoms with Gasteiger partial charge in [-0.05, 0) is 81.4 Å². The number of nitrogens with one attached hydrogen (secondary N) is 1. The molecule has 264 valence electrons. The molecule has 1 aliphatic heterocycles. The summed E-state index contributed by atoms with van der Waals surface area (Å²) in [5.74, 6) is 1.42. The largest absolute Gasteiger partial charge is 0.456 e. The fourth-order valence-corrected chi connectivity index (χ4v) is 8.06. The third kappa shape index (κ3) is 5.48. The van der Waals surface area contributed by atoms with Gasteiger partial charge in [0.05, 0.1) is 0 Å². The Bertz CT molecular complexity index is 3170. The molecule has 1 atom stereocenters. The first-order valence-electron chi connectivity index (χ1n) is 18.8. The SMILES string of the molecule is c1ccc(C2=NC(c3ccc4c(c3)oc3cc(-c5ccccc5-c5cccc6oc7ccccc7c56)ccc34)=NC(c3cccc(-c4ccccc4)c3)N2)cc1.